The van der Waals surface area contributed by atoms with E-state index in [-0.39, 0.29) is 6.04 Å². The molecular weight excluding hydrogens is 358 g/mol. The number of imidazole rings is 1. The Balaban J connectivity index is 1.49. The highest BCUT2D eigenvalue weighted by Gasteiger charge is 2.19. The lowest BCUT2D eigenvalue weighted by molar-refractivity contribution is 0.724. The van der Waals surface area contributed by atoms with E-state index >= 15 is 0 Å². The molecule has 0 amide bonds. The van der Waals surface area contributed by atoms with Gasteiger partial charge < -0.3 is 15.3 Å². The smallest absolute Gasteiger partial charge is 0.129 e. The summed E-state index contributed by atoms with van der Waals surface area (Å²) in [6.07, 6.45) is 6.55. The van der Waals surface area contributed by atoms with Crippen LogP contribution < -0.4 is 5.32 Å². The molecule has 5 rings (SSSR count). The molecule has 142 valence electrons. The topological polar surface area (TPSA) is 69.4 Å². The van der Waals surface area contributed by atoms with Crippen molar-refractivity contribution < 1.29 is 0 Å². The summed E-state index contributed by atoms with van der Waals surface area (Å²) in [5.74, 6) is 1.72. The largest absolute Gasteiger partial charge is 0.361 e. The molecule has 0 bridgehead atoms. The molecule has 3 aromatic heterocycles. The van der Waals surface area contributed by atoms with Crippen LogP contribution >= 0.6 is 0 Å². The molecule has 5 aromatic rings. The Labute approximate surface area is 168 Å². The number of nitrogens with one attached hydrogen (secondary N) is 3. The van der Waals surface area contributed by atoms with Crippen molar-refractivity contribution in [3.05, 3.63) is 103 Å². The zero-order valence-electron chi connectivity index (χ0n) is 15.8. The van der Waals surface area contributed by atoms with Crippen molar-refractivity contribution >= 4 is 16.7 Å². The van der Waals surface area contributed by atoms with E-state index < -0.39 is 0 Å². The molecule has 2 aromatic carbocycles. The highest BCUT2D eigenvalue weighted by Crippen LogP contribution is 2.27. The summed E-state index contributed by atoms with van der Waals surface area (Å²) in [7, 11) is 0. The molecule has 0 fully saturated rings. The molecule has 0 aliphatic rings. The van der Waals surface area contributed by atoms with Crippen molar-refractivity contribution in [2.45, 2.75) is 12.5 Å². The second-order valence-corrected chi connectivity index (χ2v) is 7.02. The van der Waals surface area contributed by atoms with E-state index in [1.54, 1.807) is 6.20 Å². The van der Waals surface area contributed by atoms with Gasteiger partial charge >= 0.3 is 0 Å². The second-order valence-electron chi connectivity index (χ2n) is 7.02. The first kappa shape index (κ1) is 17.3. The molecule has 5 nitrogen and oxygen atoms in total. The van der Waals surface area contributed by atoms with Crippen LogP contribution in [0.1, 0.15) is 17.4 Å². The Morgan fingerprint density at radius 2 is 1.69 bits per heavy atom. The predicted octanol–water partition coefficient (Wildman–Crippen LogP) is 5.35. The van der Waals surface area contributed by atoms with E-state index in [1.165, 1.54) is 10.9 Å². The first-order valence-electron chi connectivity index (χ1n) is 9.70. The lowest BCUT2D eigenvalue weighted by Crippen LogP contribution is -2.16. The maximum atomic E-state index is 4.69. The van der Waals surface area contributed by atoms with Gasteiger partial charge in [0.15, 0.2) is 0 Å². The monoisotopic (exact) mass is 379 g/mol. The number of pyridine rings is 1. The highest BCUT2D eigenvalue weighted by molar-refractivity contribution is 5.83. The Morgan fingerprint density at radius 3 is 2.55 bits per heavy atom. The quantitative estimate of drug-likeness (QED) is 0.372. The van der Waals surface area contributed by atoms with Crippen LogP contribution in [0.15, 0.2) is 91.4 Å². The molecule has 5 heteroatoms. The van der Waals surface area contributed by atoms with Crippen molar-refractivity contribution in [2.75, 3.05) is 5.32 Å². The lowest BCUT2D eigenvalue weighted by Gasteiger charge is -2.17. The second kappa shape index (κ2) is 7.64. The number of rotatable bonds is 6. The summed E-state index contributed by atoms with van der Waals surface area (Å²) in [6, 6.07) is 24.4. The van der Waals surface area contributed by atoms with Gasteiger partial charge in [0.2, 0.25) is 0 Å². The fourth-order valence-corrected chi connectivity index (χ4v) is 3.64. The third kappa shape index (κ3) is 3.62. The van der Waals surface area contributed by atoms with Gasteiger partial charge in [-0.25, -0.2) is 9.97 Å². The molecule has 0 saturated carbocycles. The molecular formula is C24H21N5. The fourth-order valence-electron chi connectivity index (χ4n) is 3.64. The molecule has 3 heterocycles. The first-order valence-corrected chi connectivity index (χ1v) is 9.70. The molecule has 0 spiro atoms. The van der Waals surface area contributed by atoms with E-state index in [9.17, 15) is 0 Å². The van der Waals surface area contributed by atoms with Crippen LogP contribution in [0, 0.1) is 0 Å². The number of H-pyrrole nitrogens is 2. The van der Waals surface area contributed by atoms with Gasteiger partial charge in [-0.3, -0.25) is 0 Å². The van der Waals surface area contributed by atoms with E-state index in [1.807, 2.05) is 48.7 Å². The molecule has 0 aliphatic heterocycles. The first-order chi connectivity index (χ1) is 14.4. The van der Waals surface area contributed by atoms with E-state index in [4.69, 9.17) is 4.98 Å². The standard InChI is InChI=1S/C24H21N5/c1-2-8-17(9-3-1)22-16-27-24(29-22)21(28-23-12-6-7-13-25-23)14-18-15-26-20-11-5-4-10-19(18)20/h1-13,15-16,21,26H,14H2,(H,25,28)(H,27,29)/t21-/m1/s1. The highest BCUT2D eigenvalue weighted by atomic mass is 15.1. The summed E-state index contributed by atoms with van der Waals surface area (Å²) in [5, 5.41) is 4.78. The molecule has 29 heavy (non-hydrogen) atoms. The molecule has 0 unspecified atom stereocenters. The van der Waals surface area contributed by atoms with Crippen molar-refractivity contribution in [3.63, 3.8) is 0 Å². The molecule has 0 radical (unpaired) electrons. The van der Waals surface area contributed by atoms with Gasteiger partial charge in [-0.2, -0.15) is 0 Å². The lowest BCUT2D eigenvalue weighted by atomic mass is 10.0. The normalized spacial score (nSPS) is 12.1. The third-order valence-corrected chi connectivity index (χ3v) is 5.10. The predicted molar refractivity (Wildman–Crippen MR) is 117 cm³/mol. The van der Waals surface area contributed by atoms with Gasteiger partial charge in [-0.1, -0.05) is 54.6 Å². The fraction of sp³-hybridized carbons (Fsp3) is 0.0833. The van der Waals surface area contributed by atoms with Gasteiger partial charge in [-0.15, -0.1) is 0 Å². The minimum atomic E-state index is -0.0402. The Morgan fingerprint density at radius 1 is 0.862 bits per heavy atom. The van der Waals surface area contributed by atoms with Gasteiger partial charge in [0.05, 0.1) is 17.9 Å². The minimum Gasteiger partial charge on any atom is -0.361 e. The van der Waals surface area contributed by atoms with Crippen LogP contribution in [-0.2, 0) is 6.42 Å². The number of aromatic nitrogens is 4. The summed E-state index contributed by atoms with van der Waals surface area (Å²) < 4.78 is 0. The van der Waals surface area contributed by atoms with Crippen LogP contribution in [0.3, 0.4) is 0 Å². The minimum absolute atomic E-state index is 0.0402. The maximum absolute atomic E-state index is 4.69. The van der Waals surface area contributed by atoms with Crippen LogP contribution in [0.5, 0.6) is 0 Å². The van der Waals surface area contributed by atoms with Crippen molar-refractivity contribution in [2.24, 2.45) is 0 Å². The zero-order chi connectivity index (χ0) is 19.5. The van der Waals surface area contributed by atoms with Crippen molar-refractivity contribution in [1.82, 2.24) is 19.9 Å². The third-order valence-electron chi connectivity index (χ3n) is 5.10. The number of para-hydroxylation sites is 1. The Kier molecular flexibility index (Phi) is 4.54. The van der Waals surface area contributed by atoms with Crippen LogP contribution in [0.2, 0.25) is 0 Å². The number of nitrogens with zero attached hydrogens (tertiary/aromatic N) is 2. The number of hydrogen-bond donors (Lipinski definition) is 3. The summed E-state index contributed by atoms with van der Waals surface area (Å²) in [4.78, 5) is 16.0. The van der Waals surface area contributed by atoms with Crippen molar-refractivity contribution in [1.29, 1.82) is 0 Å². The summed E-state index contributed by atoms with van der Waals surface area (Å²) in [5.41, 5.74) is 4.51. The molecule has 1 atom stereocenters. The van der Waals surface area contributed by atoms with Crippen molar-refractivity contribution in [3.8, 4) is 11.3 Å². The van der Waals surface area contributed by atoms with E-state index in [0.717, 1.165) is 34.8 Å². The van der Waals surface area contributed by atoms with E-state index in [2.05, 4.69) is 56.8 Å². The number of anilines is 1. The number of benzene rings is 2. The number of aromatic amines is 2. The van der Waals surface area contributed by atoms with Crippen LogP contribution in [0.25, 0.3) is 22.2 Å². The van der Waals surface area contributed by atoms with Crippen LogP contribution in [0.4, 0.5) is 5.82 Å². The Bertz CT molecular complexity index is 1210. The molecule has 0 saturated heterocycles. The van der Waals surface area contributed by atoms with Crippen LogP contribution in [-0.4, -0.2) is 19.9 Å². The average molecular weight is 379 g/mol. The average Bonchev–Trinajstić information content (AvgIpc) is 3.43. The zero-order valence-corrected chi connectivity index (χ0v) is 15.8. The van der Waals surface area contributed by atoms with Gasteiger partial charge in [0, 0.05) is 29.7 Å². The van der Waals surface area contributed by atoms with Gasteiger partial charge in [0.1, 0.15) is 11.6 Å². The summed E-state index contributed by atoms with van der Waals surface area (Å²) in [6.45, 7) is 0. The molecule has 0 aliphatic carbocycles. The van der Waals surface area contributed by atoms with Gasteiger partial charge in [0.25, 0.3) is 0 Å². The maximum Gasteiger partial charge on any atom is 0.129 e. The number of fused-ring (bicyclic) bond motifs is 1. The Hall–Kier alpha value is -3.86. The van der Waals surface area contributed by atoms with E-state index in [0.29, 0.717) is 0 Å². The molecule has 3 N–H and O–H groups in total. The summed E-state index contributed by atoms with van der Waals surface area (Å²) >= 11 is 0. The number of hydrogen-bond acceptors (Lipinski definition) is 3. The SMILES string of the molecule is c1ccc(-c2cnc([C@@H](Cc3c[nH]c4ccccc34)Nc3ccccn3)[nH]2)cc1. The van der Waals surface area contributed by atoms with Gasteiger partial charge in [-0.05, 0) is 29.3 Å².